The van der Waals surface area contributed by atoms with Crippen molar-refractivity contribution >= 4 is 44.2 Å². The van der Waals surface area contributed by atoms with Crippen molar-refractivity contribution in [2.45, 2.75) is 9.96 Å². The minimum atomic E-state index is -0.195. The summed E-state index contributed by atoms with van der Waals surface area (Å²) in [5, 5.41) is 0.541. The zero-order valence-electron chi connectivity index (χ0n) is 8.11. The molecule has 0 saturated heterocycles. The van der Waals surface area contributed by atoms with E-state index in [2.05, 4.69) is 20.9 Å². The molecule has 0 amide bonds. The third kappa shape index (κ3) is 2.96. The fourth-order valence-electron chi connectivity index (χ4n) is 1.13. The highest BCUT2D eigenvalue weighted by atomic mass is 79.9. The second-order valence-corrected chi connectivity index (χ2v) is 6.30. The molecule has 0 unspecified atom stereocenters. The number of hydrogen-bond acceptors (Lipinski definition) is 4. The van der Waals surface area contributed by atoms with Crippen LogP contribution in [0.5, 0.6) is 0 Å². The number of benzene rings is 1. The van der Waals surface area contributed by atoms with E-state index in [-0.39, 0.29) is 5.82 Å². The molecular weight excluding hydrogens is 311 g/mol. The van der Waals surface area contributed by atoms with E-state index in [1.54, 1.807) is 12.3 Å². The summed E-state index contributed by atoms with van der Waals surface area (Å²) in [6.45, 7) is 0. The summed E-state index contributed by atoms with van der Waals surface area (Å²) >= 11 is 6.17. The second kappa shape index (κ2) is 5.16. The van der Waals surface area contributed by atoms with E-state index in [0.29, 0.717) is 16.4 Å². The monoisotopic (exact) mass is 318 g/mol. The second-order valence-electron chi connectivity index (χ2n) is 3.04. The summed E-state index contributed by atoms with van der Waals surface area (Å²) in [6.07, 6.45) is 1.71. The number of rotatable bonds is 3. The van der Waals surface area contributed by atoms with Gasteiger partial charge in [0.2, 0.25) is 0 Å². The average molecular weight is 319 g/mol. The first-order valence-electron chi connectivity index (χ1n) is 4.43. The highest BCUT2D eigenvalue weighted by molar-refractivity contribution is 9.10. The molecule has 0 atom stereocenters. The Morgan fingerprint density at radius 1 is 1.50 bits per heavy atom. The molecule has 1 aromatic heterocycles. The fraction of sp³-hybridized carbons (Fsp3) is 0.100. The van der Waals surface area contributed by atoms with Crippen LogP contribution in [-0.2, 0) is 5.75 Å². The van der Waals surface area contributed by atoms with Crippen LogP contribution in [0, 0.1) is 5.82 Å². The summed E-state index contributed by atoms with van der Waals surface area (Å²) < 4.78 is 15.2. The smallest absolute Gasteiger partial charge is 0.181 e. The summed E-state index contributed by atoms with van der Waals surface area (Å²) in [4.78, 5) is 3.94. The predicted octanol–water partition coefficient (Wildman–Crippen LogP) is 3.92. The number of thiazole rings is 1. The van der Waals surface area contributed by atoms with Gasteiger partial charge in [-0.3, -0.25) is 0 Å². The predicted molar refractivity (Wildman–Crippen MR) is 70.2 cm³/mol. The molecule has 0 saturated carbocycles. The molecule has 1 aromatic carbocycles. The summed E-state index contributed by atoms with van der Waals surface area (Å²) in [5.41, 5.74) is 6.19. The number of nitrogens with two attached hydrogens (primary N) is 1. The van der Waals surface area contributed by atoms with Crippen LogP contribution >= 0.6 is 39.0 Å². The molecule has 6 heteroatoms. The number of aromatic nitrogens is 1. The number of thioether (sulfide) groups is 1. The van der Waals surface area contributed by atoms with E-state index in [1.807, 2.05) is 6.07 Å². The molecule has 0 aliphatic carbocycles. The Balaban J connectivity index is 2.04. The van der Waals surface area contributed by atoms with Crippen LogP contribution in [0.1, 0.15) is 5.56 Å². The average Bonchev–Trinajstić information content (AvgIpc) is 2.63. The number of nitrogen functional groups attached to an aromatic ring is 1. The summed E-state index contributed by atoms with van der Waals surface area (Å²) in [6, 6.07) is 5.08. The molecule has 2 N–H and O–H groups in total. The van der Waals surface area contributed by atoms with Crippen molar-refractivity contribution in [1.29, 1.82) is 0 Å². The van der Waals surface area contributed by atoms with E-state index in [4.69, 9.17) is 5.73 Å². The molecule has 0 aliphatic rings. The van der Waals surface area contributed by atoms with Gasteiger partial charge >= 0.3 is 0 Å². The first-order valence-corrected chi connectivity index (χ1v) is 7.02. The zero-order chi connectivity index (χ0) is 11.5. The maximum atomic E-state index is 13.5. The molecule has 0 fully saturated rings. The summed E-state index contributed by atoms with van der Waals surface area (Å²) in [7, 11) is 0. The standard InChI is InChI=1S/C10H8BrFN2S2/c11-7-2-1-6(8(12)3-7)5-15-9-4-14-10(13)16-9/h1-4H,5H2,(H2,13,14). The largest absolute Gasteiger partial charge is 0.375 e. The van der Waals surface area contributed by atoms with Crippen molar-refractivity contribution < 1.29 is 4.39 Å². The van der Waals surface area contributed by atoms with Crippen LogP contribution in [0.2, 0.25) is 0 Å². The third-order valence-electron chi connectivity index (χ3n) is 1.89. The molecular formula is C10H8BrFN2S2. The van der Waals surface area contributed by atoms with E-state index >= 15 is 0 Å². The van der Waals surface area contributed by atoms with Crippen LogP contribution in [0.25, 0.3) is 0 Å². The first-order chi connectivity index (χ1) is 7.65. The number of hydrogen-bond donors (Lipinski definition) is 1. The molecule has 84 valence electrons. The molecule has 0 aliphatic heterocycles. The van der Waals surface area contributed by atoms with Gasteiger partial charge in [0.15, 0.2) is 5.13 Å². The van der Waals surface area contributed by atoms with Gasteiger partial charge < -0.3 is 5.73 Å². The molecule has 1 heterocycles. The minimum absolute atomic E-state index is 0.195. The lowest BCUT2D eigenvalue weighted by Gasteiger charge is -2.01. The van der Waals surface area contributed by atoms with Gasteiger partial charge in [0.1, 0.15) is 5.82 Å². The maximum absolute atomic E-state index is 13.5. The van der Waals surface area contributed by atoms with Gasteiger partial charge in [0.25, 0.3) is 0 Å². The normalized spacial score (nSPS) is 10.6. The van der Waals surface area contributed by atoms with Gasteiger partial charge in [-0.2, -0.15) is 0 Å². The highest BCUT2D eigenvalue weighted by Gasteiger charge is 2.05. The minimum Gasteiger partial charge on any atom is -0.375 e. The number of halogens is 2. The van der Waals surface area contributed by atoms with Crippen molar-refractivity contribution in [3.63, 3.8) is 0 Å². The Hall–Kier alpha value is -0.590. The van der Waals surface area contributed by atoms with Crippen LogP contribution in [0.3, 0.4) is 0 Å². The van der Waals surface area contributed by atoms with Crippen molar-refractivity contribution in [3.8, 4) is 0 Å². The SMILES string of the molecule is Nc1ncc(SCc2ccc(Br)cc2F)s1. The van der Waals surface area contributed by atoms with Crippen molar-refractivity contribution in [2.24, 2.45) is 0 Å². The van der Waals surface area contributed by atoms with Gasteiger partial charge in [-0.15, -0.1) is 11.8 Å². The molecule has 2 rings (SSSR count). The molecule has 16 heavy (non-hydrogen) atoms. The lowest BCUT2D eigenvalue weighted by atomic mass is 10.2. The van der Waals surface area contributed by atoms with Crippen LogP contribution in [0.4, 0.5) is 9.52 Å². The van der Waals surface area contributed by atoms with E-state index in [1.165, 1.54) is 29.2 Å². The van der Waals surface area contributed by atoms with E-state index in [9.17, 15) is 4.39 Å². The van der Waals surface area contributed by atoms with Gasteiger partial charge in [-0.05, 0) is 17.7 Å². The van der Waals surface area contributed by atoms with Crippen molar-refractivity contribution in [3.05, 3.63) is 40.2 Å². The van der Waals surface area contributed by atoms with Gasteiger partial charge in [0, 0.05) is 10.2 Å². The molecule has 0 radical (unpaired) electrons. The number of anilines is 1. The molecule has 0 spiro atoms. The highest BCUT2D eigenvalue weighted by Crippen LogP contribution is 2.30. The third-order valence-corrected chi connectivity index (χ3v) is 4.45. The van der Waals surface area contributed by atoms with Gasteiger partial charge in [-0.25, -0.2) is 9.37 Å². The zero-order valence-corrected chi connectivity index (χ0v) is 11.3. The Morgan fingerprint density at radius 2 is 2.31 bits per heavy atom. The quantitative estimate of drug-likeness (QED) is 0.872. The van der Waals surface area contributed by atoms with Crippen molar-refractivity contribution in [2.75, 3.05) is 5.73 Å². The van der Waals surface area contributed by atoms with E-state index in [0.717, 1.165) is 8.68 Å². The maximum Gasteiger partial charge on any atom is 0.181 e. The summed E-state index contributed by atoms with van der Waals surface area (Å²) in [5.74, 6) is 0.389. The Bertz CT molecular complexity index is 501. The first kappa shape index (κ1) is 11.9. The molecule has 2 nitrogen and oxygen atoms in total. The van der Waals surface area contributed by atoms with Gasteiger partial charge in [-0.1, -0.05) is 33.3 Å². The number of nitrogens with zero attached hydrogens (tertiary/aromatic N) is 1. The lowest BCUT2D eigenvalue weighted by Crippen LogP contribution is -1.86. The van der Waals surface area contributed by atoms with Crippen molar-refractivity contribution in [1.82, 2.24) is 4.98 Å². The van der Waals surface area contributed by atoms with Crippen LogP contribution < -0.4 is 5.73 Å². The van der Waals surface area contributed by atoms with Crippen LogP contribution in [-0.4, -0.2) is 4.98 Å². The molecule has 2 aromatic rings. The van der Waals surface area contributed by atoms with Crippen LogP contribution in [0.15, 0.2) is 33.1 Å². The molecule has 0 bridgehead atoms. The Labute approximate surface area is 109 Å². The Morgan fingerprint density at radius 3 is 2.94 bits per heavy atom. The Kier molecular flexibility index (Phi) is 3.83. The van der Waals surface area contributed by atoms with Gasteiger partial charge in [0.05, 0.1) is 10.4 Å². The lowest BCUT2D eigenvalue weighted by molar-refractivity contribution is 0.616. The van der Waals surface area contributed by atoms with E-state index < -0.39 is 0 Å². The fourth-order valence-corrected chi connectivity index (χ4v) is 3.20. The topological polar surface area (TPSA) is 38.9 Å².